The molecule has 108 valence electrons. The summed E-state index contributed by atoms with van der Waals surface area (Å²) in [6.45, 7) is 1.83. The van der Waals surface area contributed by atoms with Gasteiger partial charge in [-0.05, 0) is 19.1 Å². The summed E-state index contributed by atoms with van der Waals surface area (Å²) in [5, 5.41) is 11.2. The molecule has 7 nitrogen and oxygen atoms in total. The van der Waals surface area contributed by atoms with Crippen LogP contribution in [0.3, 0.4) is 0 Å². The number of primary amides is 1. The summed E-state index contributed by atoms with van der Waals surface area (Å²) < 4.78 is 0. The van der Waals surface area contributed by atoms with Crippen LogP contribution in [-0.4, -0.2) is 47.4 Å². The lowest BCUT2D eigenvalue weighted by Crippen LogP contribution is -2.41. The summed E-state index contributed by atoms with van der Waals surface area (Å²) in [7, 11) is 0. The van der Waals surface area contributed by atoms with Gasteiger partial charge in [0.1, 0.15) is 0 Å². The van der Waals surface area contributed by atoms with Crippen LogP contribution in [0.1, 0.15) is 17.3 Å². The topological polar surface area (TPSA) is 113 Å². The van der Waals surface area contributed by atoms with Gasteiger partial charge in [0.2, 0.25) is 0 Å². The molecule has 0 bridgehead atoms. The number of nitrogens with zero attached hydrogens (tertiary/aromatic N) is 1. The van der Waals surface area contributed by atoms with Gasteiger partial charge in [-0.15, -0.1) is 0 Å². The lowest BCUT2D eigenvalue weighted by Gasteiger charge is -2.19. The van der Waals surface area contributed by atoms with E-state index >= 15 is 0 Å². The summed E-state index contributed by atoms with van der Waals surface area (Å²) >= 11 is 0. The summed E-state index contributed by atoms with van der Waals surface area (Å²) in [5.74, 6) is -2.36. The summed E-state index contributed by atoms with van der Waals surface area (Å²) in [6.07, 6.45) is 0. The molecule has 0 fully saturated rings. The van der Waals surface area contributed by atoms with Gasteiger partial charge in [0.25, 0.3) is 5.91 Å². The maximum Gasteiger partial charge on any atom is 0.313 e. The van der Waals surface area contributed by atoms with Crippen molar-refractivity contribution < 1.29 is 19.5 Å². The summed E-state index contributed by atoms with van der Waals surface area (Å²) in [4.78, 5) is 36.1. The van der Waals surface area contributed by atoms with E-state index in [-0.39, 0.29) is 24.4 Å². The molecule has 3 amide bonds. The molecule has 4 N–H and O–H groups in total. The van der Waals surface area contributed by atoms with Gasteiger partial charge < -0.3 is 21.1 Å². The predicted molar refractivity (Wildman–Crippen MR) is 72.9 cm³/mol. The molecule has 0 saturated carbocycles. The minimum Gasteiger partial charge on any atom is -0.395 e. The number of aliphatic hydroxyl groups excluding tert-OH is 1. The number of nitrogens with two attached hydrogens (primary N) is 1. The number of aliphatic hydroxyl groups is 1. The Bertz CT molecular complexity index is 516. The molecular weight excluding hydrogens is 262 g/mol. The highest BCUT2D eigenvalue weighted by atomic mass is 16.3. The second kappa shape index (κ2) is 7.25. The monoisotopic (exact) mass is 279 g/mol. The maximum atomic E-state index is 11.8. The Balaban J connectivity index is 2.85. The number of para-hydroxylation sites is 1. The molecule has 0 aliphatic heterocycles. The standard InChI is InChI=1S/C13H17N3O4/c1-2-16(7-8-17)13(20)12(19)15-10-6-4-3-5-9(10)11(14)18/h3-6,17H,2,7-8H2,1H3,(H2,14,18)(H,15,19). The first kappa shape index (κ1) is 15.6. The zero-order valence-corrected chi connectivity index (χ0v) is 11.1. The molecular formula is C13H17N3O4. The minimum atomic E-state index is -0.881. The fourth-order valence-electron chi connectivity index (χ4n) is 1.65. The van der Waals surface area contributed by atoms with E-state index in [1.807, 2.05) is 0 Å². The summed E-state index contributed by atoms with van der Waals surface area (Å²) in [5.41, 5.74) is 5.48. The molecule has 0 unspecified atom stereocenters. The van der Waals surface area contributed by atoms with Crippen molar-refractivity contribution in [3.05, 3.63) is 29.8 Å². The van der Waals surface area contributed by atoms with Gasteiger partial charge in [-0.2, -0.15) is 0 Å². The van der Waals surface area contributed by atoms with Crippen molar-refractivity contribution in [2.45, 2.75) is 6.92 Å². The lowest BCUT2D eigenvalue weighted by atomic mass is 10.1. The van der Waals surface area contributed by atoms with Crippen LogP contribution in [0.25, 0.3) is 0 Å². The van der Waals surface area contributed by atoms with E-state index in [0.717, 1.165) is 0 Å². The molecule has 1 rings (SSSR count). The number of carbonyl (C=O) groups is 3. The van der Waals surface area contributed by atoms with Crippen LogP contribution in [0.2, 0.25) is 0 Å². The zero-order chi connectivity index (χ0) is 15.1. The number of anilines is 1. The highest BCUT2D eigenvalue weighted by molar-refractivity contribution is 6.39. The van der Waals surface area contributed by atoms with Gasteiger partial charge in [0, 0.05) is 13.1 Å². The first-order chi connectivity index (χ1) is 9.51. The number of likely N-dealkylation sites (N-methyl/N-ethyl adjacent to an activating group) is 1. The Kier molecular flexibility index (Phi) is 5.67. The van der Waals surface area contributed by atoms with Crippen molar-refractivity contribution in [1.82, 2.24) is 4.90 Å². The molecule has 0 heterocycles. The van der Waals surface area contributed by atoms with E-state index in [2.05, 4.69) is 5.32 Å². The van der Waals surface area contributed by atoms with Crippen molar-refractivity contribution in [3.8, 4) is 0 Å². The zero-order valence-electron chi connectivity index (χ0n) is 11.1. The van der Waals surface area contributed by atoms with Crippen molar-refractivity contribution in [2.24, 2.45) is 5.73 Å². The second-order valence-corrected chi connectivity index (χ2v) is 3.97. The number of benzene rings is 1. The molecule has 0 radical (unpaired) electrons. The molecule has 1 aromatic carbocycles. The third-order valence-electron chi connectivity index (χ3n) is 2.67. The van der Waals surface area contributed by atoms with Gasteiger partial charge in [-0.3, -0.25) is 14.4 Å². The number of carbonyl (C=O) groups excluding carboxylic acids is 3. The van der Waals surface area contributed by atoms with Crippen LogP contribution < -0.4 is 11.1 Å². The van der Waals surface area contributed by atoms with Gasteiger partial charge in [0.05, 0.1) is 17.9 Å². The lowest BCUT2D eigenvalue weighted by molar-refractivity contribution is -0.143. The van der Waals surface area contributed by atoms with Crippen LogP contribution in [0.15, 0.2) is 24.3 Å². The first-order valence-electron chi connectivity index (χ1n) is 6.11. The molecule has 0 saturated heterocycles. The molecule has 0 aliphatic rings. The van der Waals surface area contributed by atoms with E-state index < -0.39 is 17.7 Å². The smallest absolute Gasteiger partial charge is 0.313 e. The minimum absolute atomic E-state index is 0.0697. The van der Waals surface area contributed by atoms with Crippen LogP contribution in [0.5, 0.6) is 0 Å². The Morgan fingerprint density at radius 2 is 1.95 bits per heavy atom. The fourth-order valence-corrected chi connectivity index (χ4v) is 1.65. The molecule has 0 aromatic heterocycles. The van der Waals surface area contributed by atoms with Crippen molar-refractivity contribution >= 4 is 23.4 Å². The molecule has 20 heavy (non-hydrogen) atoms. The highest BCUT2D eigenvalue weighted by Gasteiger charge is 2.21. The van der Waals surface area contributed by atoms with Gasteiger partial charge in [-0.25, -0.2) is 0 Å². The van der Waals surface area contributed by atoms with E-state index in [1.54, 1.807) is 19.1 Å². The number of hydrogen-bond acceptors (Lipinski definition) is 4. The number of nitrogens with one attached hydrogen (secondary N) is 1. The average molecular weight is 279 g/mol. The molecule has 0 aliphatic carbocycles. The Labute approximate surface area is 116 Å². The van der Waals surface area contributed by atoms with E-state index in [1.165, 1.54) is 17.0 Å². The van der Waals surface area contributed by atoms with E-state index in [4.69, 9.17) is 10.8 Å². The van der Waals surface area contributed by atoms with Crippen LogP contribution in [0.4, 0.5) is 5.69 Å². The molecule has 0 atom stereocenters. The molecule has 1 aromatic rings. The SMILES string of the molecule is CCN(CCO)C(=O)C(=O)Nc1ccccc1C(N)=O. The Morgan fingerprint density at radius 3 is 2.50 bits per heavy atom. The fraction of sp³-hybridized carbons (Fsp3) is 0.308. The largest absolute Gasteiger partial charge is 0.395 e. The summed E-state index contributed by atoms with van der Waals surface area (Å²) in [6, 6.07) is 6.14. The van der Waals surface area contributed by atoms with Crippen molar-refractivity contribution in [3.63, 3.8) is 0 Å². The van der Waals surface area contributed by atoms with Crippen LogP contribution >= 0.6 is 0 Å². The van der Waals surface area contributed by atoms with Crippen molar-refractivity contribution in [1.29, 1.82) is 0 Å². The van der Waals surface area contributed by atoms with Crippen molar-refractivity contribution in [2.75, 3.05) is 25.0 Å². The number of hydrogen-bond donors (Lipinski definition) is 3. The quantitative estimate of drug-likeness (QED) is 0.634. The second-order valence-electron chi connectivity index (χ2n) is 3.97. The molecule has 0 spiro atoms. The van der Waals surface area contributed by atoms with Gasteiger partial charge >= 0.3 is 11.8 Å². The number of amides is 3. The third-order valence-corrected chi connectivity index (χ3v) is 2.67. The van der Waals surface area contributed by atoms with E-state index in [0.29, 0.717) is 6.54 Å². The Morgan fingerprint density at radius 1 is 1.30 bits per heavy atom. The van der Waals surface area contributed by atoms with Gasteiger partial charge in [-0.1, -0.05) is 12.1 Å². The Hall–Kier alpha value is -2.41. The van der Waals surface area contributed by atoms with E-state index in [9.17, 15) is 14.4 Å². The normalized spacial score (nSPS) is 9.90. The van der Waals surface area contributed by atoms with Crippen LogP contribution in [-0.2, 0) is 9.59 Å². The predicted octanol–water partition coefficient (Wildman–Crippen LogP) is -0.435. The average Bonchev–Trinajstić information content (AvgIpc) is 2.44. The maximum absolute atomic E-state index is 11.8. The number of rotatable bonds is 5. The third kappa shape index (κ3) is 3.79. The first-order valence-corrected chi connectivity index (χ1v) is 6.11. The van der Waals surface area contributed by atoms with Gasteiger partial charge in [0.15, 0.2) is 0 Å². The highest BCUT2D eigenvalue weighted by Crippen LogP contribution is 2.14. The van der Waals surface area contributed by atoms with Crippen LogP contribution in [0, 0.1) is 0 Å². The molecule has 7 heteroatoms.